The van der Waals surface area contributed by atoms with Crippen molar-refractivity contribution in [3.05, 3.63) is 47.6 Å². The second kappa shape index (κ2) is 5.45. The van der Waals surface area contributed by atoms with Gasteiger partial charge >= 0.3 is 0 Å². The second-order valence-corrected chi connectivity index (χ2v) is 3.79. The van der Waals surface area contributed by atoms with Gasteiger partial charge in [-0.05, 0) is 13.8 Å². The Kier molecular flexibility index (Phi) is 3.72. The van der Waals surface area contributed by atoms with Crippen LogP contribution < -0.4 is 0 Å². The van der Waals surface area contributed by atoms with Crippen molar-refractivity contribution in [2.24, 2.45) is 0 Å². The van der Waals surface area contributed by atoms with Crippen LogP contribution in [-0.4, -0.2) is 19.9 Å². The Morgan fingerprint density at radius 3 is 1.59 bits per heavy atom. The summed E-state index contributed by atoms with van der Waals surface area (Å²) in [5.74, 6) is 0. The van der Waals surface area contributed by atoms with Gasteiger partial charge in [-0.1, -0.05) is 0 Å². The number of nitrogens with zero attached hydrogens (tertiary/aromatic N) is 4. The largest absolute Gasteiger partial charge is 0.369 e. The average Bonchev–Trinajstić information content (AvgIpc) is 2.34. The Morgan fingerprint density at radius 2 is 1.24 bits per heavy atom. The van der Waals surface area contributed by atoms with Gasteiger partial charge in [0, 0.05) is 12.4 Å². The third kappa shape index (κ3) is 3.57. The van der Waals surface area contributed by atoms with Crippen molar-refractivity contribution < 1.29 is 4.74 Å². The number of hydrogen-bond donors (Lipinski definition) is 0. The van der Waals surface area contributed by atoms with Gasteiger partial charge in [0.25, 0.3) is 0 Å². The molecule has 0 N–H and O–H groups in total. The molecule has 2 aromatic rings. The van der Waals surface area contributed by atoms with E-state index < -0.39 is 0 Å². The van der Waals surface area contributed by atoms with Gasteiger partial charge in [-0.15, -0.1) is 0 Å². The van der Waals surface area contributed by atoms with E-state index in [0.29, 0.717) is 13.2 Å². The van der Waals surface area contributed by atoms with Crippen molar-refractivity contribution in [1.29, 1.82) is 0 Å². The predicted octanol–water partition coefficient (Wildman–Crippen LogP) is 1.60. The smallest absolute Gasteiger partial charge is 0.0908 e. The van der Waals surface area contributed by atoms with Crippen LogP contribution in [0.1, 0.15) is 22.8 Å². The van der Waals surface area contributed by atoms with Gasteiger partial charge in [0.2, 0.25) is 0 Å². The summed E-state index contributed by atoms with van der Waals surface area (Å²) in [6, 6.07) is 0. The highest BCUT2D eigenvalue weighted by Gasteiger charge is 1.98. The maximum atomic E-state index is 5.48. The van der Waals surface area contributed by atoms with E-state index >= 15 is 0 Å². The molecular formula is C12H14N4O. The van der Waals surface area contributed by atoms with Crippen molar-refractivity contribution in [3.63, 3.8) is 0 Å². The maximum Gasteiger partial charge on any atom is 0.0908 e. The summed E-state index contributed by atoms with van der Waals surface area (Å²) in [5, 5.41) is 0. The van der Waals surface area contributed by atoms with Crippen LogP contribution >= 0.6 is 0 Å². The van der Waals surface area contributed by atoms with Crippen LogP contribution in [-0.2, 0) is 18.0 Å². The molecule has 5 nitrogen and oxygen atoms in total. The van der Waals surface area contributed by atoms with E-state index in [1.807, 2.05) is 13.8 Å². The highest BCUT2D eigenvalue weighted by atomic mass is 16.5. The van der Waals surface area contributed by atoms with Crippen molar-refractivity contribution in [3.8, 4) is 0 Å². The van der Waals surface area contributed by atoms with Gasteiger partial charge < -0.3 is 4.74 Å². The number of aryl methyl sites for hydroxylation is 2. The molecule has 0 atom stereocenters. The third-order valence-corrected chi connectivity index (χ3v) is 2.17. The quantitative estimate of drug-likeness (QED) is 0.798. The van der Waals surface area contributed by atoms with Crippen LogP contribution in [0.2, 0.25) is 0 Å². The lowest BCUT2D eigenvalue weighted by atomic mass is 10.4. The molecule has 0 aliphatic heterocycles. The molecule has 0 radical (unpaired) electrons. The Balaban J connectivity index is 1.83. The molecule has 0 amide bonds. The first-order valence-electron chi connectivity index (χ1n) is 5.37. The Hall–Kier alpha value is -1.88. The summed E-state index contributed by atoms with van der Waals surface area (Å²) in [4.78, 5) is 16.7. The van der Waals surface area contributed by atoms with E-state index in [1.54, 1.807) is 24.8 Å². The van der Waals surface area contributed by atoms with E-state index in [1.165, 1.54) is 0 Å². The summed E-state index contributed by atoms with van der Waals surface area (Å²) in [6.07, 6.45) is 6.89. The number of hydrogen-bond acceptors (Lipinski definition) is 5. The summed E-state index contributed by atoms with van der Waals surface area (Å²) < 4.78 is 5.48. The molecule has 0 spiro atoms. The maximum absolute atomic E-state index is 5.48. The number of rotatable bonds is 4. The molecule has 0 unspecified atom stereocenters. The first kappa shape index (κ1) is 11.6. The predicted molar refractivity (Wildman–Crippen MR) is 62.0 cm³/mol. The molecular weight excluding hydrogens is 216 g/mol. The highest BCUT2D eigenvalue weighted by Crippen LogP contribution is 2.01. The van der Waals surface area contributed by atoms with Gasteiger partial charge in [0.05, 0.1) is 48.4 Å². The molecule has 2 heterocycles. The van der Waals surface area contributed by atoms with Crippen LogP contribution in [0, 0.1) is 13.8 Å². The topological polar surface area (TPSA) is 60.8 Å². The third-order valence-electron chi connectivity index (χ3n) is 2.17. The molecule has 88 valence electrons. The number of aromatic nitrogens is 4. The van der Waals surface area contributed by atoms with Crippen LogP contribution in [0.25, 0.3) is 0 Å². The zero-order chi connectivity index (χ0) is 12.1. The van der Waals surface area contributed by atoms with E-state index in [-0.39, 0.29) is 0 Å². The van der Waals surface area contributed by atoms with Gasteiger partial charge in [0.15, 0.2) is 0 Å². The lowest BCUT2D eigenvalue weighted by Gasteiger charge is -2.03. The van der Waals surface area contributed by atoms with Crippen LogP contribution in [0.4, 0.5) is 0 Å². The molecule has 0 aliphatic carbocycles. The first-order chi connectivity index (χ1) is 8.24. The molecule has 0 saturated heterocycles. The normalized spacial score (nSPS) is 10.5. The summed E-state index contributed by atoms with van der Waals surface area (Å²) >= 11 is 0. The fourth-order valence-corrected chi connectivity index (χ4v) is 1.25. The van der Waals surface area contributed by atoms with E-state index in [0.717, 1.165) is 22.8 Å². The molecule has 0 saturated carbocycles. The SMILES string of the molecule is Cc1cnc(COCc2cnc(C)cn2)cn1. The van der Waals surface area contributed by atoms with Gasteiger partial charge in [-0.25, -0.2) is 0 Å². The van der Waals surface area contributed by atoms with Crippen LogP contribution in [0.3, 0.4) is 0 Å². The zero-order valence-corrected chi connectivity index (χ0v) is 9.92. The van der Waals surface area contributed by atoms with Crippen molar-refractivity contribution in [2.45, 2.75) is 27.1 Å². The monoisotopic (exact) mass is 230 g/mol. The van der Waals surface area contributed by atoms with Crippen LogP contribution in [0.15, 0.2) is 24.8 Å². The minimum absolute atomic E-state index is 0.433. The summed E-state index contributed by atoms with van der Waals surface area (Å²) in [5.41, 5.74) is 3.43. The summed E-state index contributed by atoms with van der Waals surface area (Å²) in [6.45, 7) is 4.67. The van der Waals surface area contributed by atoms with Crippen molar-refractivity contribution in [1.82, 2.24) is 19.9 Å². The molecule has 17 heavy (non-hydrogen) atoms. The molecule has 0 aromatic carbocycles. The molecule has 0 aliphatic rings. The Labute approximate surface area is 99.9 Å². The standard InChI is InChI=1S/C12H14N4O/c1-9-3-15-11(5-13-9)7-17-8-12-6-14-10(2)4-16-12/h3-6H,7-8H2,1-2H3. The first-order valence-corrected chi connectivity index (χ1v) is 5.37. The van der Waals surface area contributed by atoms with E-state index in [2.05, 4.69) is 19.9 Å². The zero-order valence-electron chi connectivity index (χ0n) is 9.92. The molecule has 0 bridgehead atoms. The summed E-state index contributed by atoms with van der Waals surface area (Å²) in [7, 11) is 0. The Bertz CT molecular complexity index is 421. The molecule has 0 fully saturated rings. The van der Waals surface area contributed by atoms with Gasteiger partial charge in [-0.2, -0.15) is 0 Å². The number of ether oxygens (including phenoxy) is 1. The average molecular weight is 230 g/mol. The van der Waals surface area contributed by atoms with Crippen LogP contribution in [0.5, 0.6) is 0 Å². The lowest BCUT2D eigenvalue weighted by Crippen LogP contribution is -2.00. The Morgan fingerprint density at radius 1 is 0.765 bits per heavy atom. The van der Waals surface area contributed by atoms with Gasteiger partial charge in [-0.3, -0.25) is 19.9 Å². The molecule has 2 rings (SSSR count). The fourth-order valence-electron chi connectivity index (χ4n) is 1.25. The highest BCUT2D eigenvalue weighted by molar-refractivity contribution is 5.01. The fraction of sp³-hybridized carbons (Fsp3) is 0.333. The molecule has 5 heteroatoms. The molecule has 2 aromatic heterocycles. The lowest BCUT2D eigenvalue weighted by molar-refractivity contribution is 0.101. The van der Waals surface area contributed by atoms with Crippen molar-refractivity contribution in [2.75, 3.05) is 0 Å². The van der Waals surface area contributed by atoms with Crippen molar-refractivity contribution >= 4 is 0 Å². The second-order valence-electron chi connectivity index (χ2n) is 3.79. The van der Waals surface area contributed by atoms with E-state index in [4.69, 9.17) is 4.74 Å². The minimum Gasteiger partial charge on any atom is -0.369 e. The minimum atomic E-state index is 0.433. The van der Waals surface area contributed by atoms with E-state index in [9.17, 15) is 0 Å². The van der Waals surface area contributed by atoms with Gasteiger partial charge in [0.1, 0.15) is 0 Å².